The second-order valence-electron chi connectivity index (χ2n) is 7.35. The molecule has 1 atom stereocenters. The number of pyridine rings is 2. The number of imide groups is 1. The van der Waals surface area contributed by atoms with Gasteiger partial charge in [-0.05, 0) is 64.3 Å². The molecule has 0 aromatic carbocycles. The molecule has 2 aromatic rings. The zero-order valence-electron chi connectivity index (χ0n) is 14.9. The van der Waals surface area contributed by atoms with Crippen molar-refractivity contribution in [3.63, 3.8) is 0 Å². The van der Waals surface area contributed by atoms with Crippen LogP contribution in [0.2, 0.25) is 0 Å². The molecule has 6 nitrogen and oxygen atoms in total. The lowest BCUT2D eigenvalue weighted by Crippen LogP contribution is -2.38. The van der Waals surface area contributed by atoms with Crippen LogP contribution in [0.15, 0.2) is 30.5 Å². The van der Waals surface area contributed by atoms with E-state index in [4.69, 9.17) is 4.74 Å². The number of amides is 2. The summed E-state index contributed by atoms with van der Waals surface area (Å²) in [5, 5.41) is 0.999. The van der Waals surface area contributed by atoms with Crippen LogP contribution in [-0.2, 0) is 16.0 Å². The van der Waals surface area contributed by atoms with Gasteiger partial charge in [0.25, 0.3) is 0 Å². The van der Waals surface area contributed by atoms with Gasteiger partial charge in [-0.25, -0.2) is 19.7 Å². The molecule has 2 aromatic heterocycles. The summed E-state index contributed by atoms with van der Waals surface area (Å²) in [5.41, 5.74) is 1.03. The molecule has 132 valence electrons. The molecule has 0 radical (unpaired) electrons. The van der Waals surface area contributed by atoms with E-state index in [0.29, 0.717) is 31.5 Å². The van der Waals surface area contributed by atoms with Gasteiger partial charge >= 0.3 is 6.09 Å². The molecule has 25 heavy (non-hydrogen) atoms. The Morgan fingerprint density at radius 3 is 2.88 bits per heavy atom. The number of aromatic nitrogens is 2. The van der Waals surface area contributed by atoms with Crippen molar-refractivity contribution in [2.24, 2.45) is 5.92 Å². The van der Waals surface area contributed by atoms with Crippen LogP contribution in [0.5, 0.6) is 0 Å². The van der Waals surface area contributed by atoms with Crippen molar-refractivity contribution in [1.82, 2.24) is 14.9 Å². The van der Waals surface area contributed by atoms with Gasteiger partial charge in [0.1, 0.15) is 5.60 Å². The van der Waals surface area contributed by atoms with Crippen molar-refractivity contribution in [2.75, 3.05) is 6.54 Å². The second-order valence-corrected chi connectivity index (χ2v) is 7.35. The quantitative estimate of drug-likeness (QED) is 0.856. The maximum absolute atomic E-state index is 12.5. The SMILES string of the molecule is CC(C)(C)OC(=O)N1CC[C@@H](CCc2ccc3cccnc3n2)C1=O. The van der Waals surface area contributed by atoms with E-state index >= 15 is 0 Å². The summed E-state index contributed by atoms with van der Waals surface area (Å²) in [4.78, 5) is 34.6. The average Bonchev–Trinajstić information content (AvgIpc) is 2.92. The molecule has 0 spiro atoms. The first-order valence-corrected chi connectivity index (χ1v) is 8.58. The number of hydrogen-bond acceptors (Lipinski definition) is 5. The molecule has 1 fully saturated rings. The van der Waals surface area contributed by atoms with Crippen LogP contribution in [0.3, 0.4) is 0 Å². The minimum atomic E-state index is -0.600. The lowest BCUT2D eigenvalue weighted by Gasteiger charge is -2.23. The molecule has 1 aliphatic rings. The summed E-state index contributed by atoms with van der Waals surface area (Å²) in [6.45, 7) is 5.80. The van der Waals surface area contributed by atoms with Gasteiger partial charge in [-0.2, -0.15) is 0 Å². The van der Waals surface area contributed by atoms with Gasteiger partial charge in [-0.1, -0.05) is 0 Å². The van der Waals surface area contributed by atoms with Crippen molar-refractivity contribution in [1.29, 1.82) is 0 Å². The Morgan fingerprint density at radius 1 is 1.32 bits per heavy atom. The van der Waals surface area contributed by atoms with Crippen molar-refractivity contribution in [3.05, 3.63) is 36.2 Å². The van der Waals surface area contributed by atoms with Gasteiger partial charge in [0, 0.05) is 29.7 Å². The van der Waals surface area contributed by atoms with Crippen LogP contribution < -0.4 is 0 Å². The molecule has 2 amide bonds. The third-order valence-corrected chi connectivity index (χ3v) is 4.20. The van der Waals surface area contributed by atoms with E-state index in [1.54, 1.807) is 27.0 Å². The molecule has 0 bridgehead atoms. The molecule has 0 saturated carbocycles. The summed E-state index contributed by atoms with van der Waals surface area (Å²) >= 11 is 0. The lowest BCUT2D eigenvalue weighted by molar-refractivity contribution is -0.130. The smallest absolute Gasteiger partial charge is 0.417 e. The van der Waals surface area contributed by atoms with Gasteiger partial charge in [0.05, 0.1) is 0 Å². The first-order valence-electron chi connectivity index (χ1n) is 8.58. The third-order valence-electron chi connectivity index (χ3n) is 4.20. The zero-order chi connectivity index (χ0) is 18.0. The Bertz CT molecular complexity index is 798. The van der Waals surface area contributed by atoms with E-state index in [1.807, 2.05) is 24.3 Å². The van der Waals surface area contributed by atoms with Gasteiger partial charge in [0.2, 0.25) is 5.91 Å². The van der Waals surface area contributed by atoms with Crippen LogP contribution in [0.1, 0.15) is 39.3 Å². The maximum atomic E-state index is 12.5. The monoisotopic (exact) mass is 341 g/mol. The maximum Gasteiger partial charge on any atom is 0.417 e. The van der Waals surface area contributed by atoms with Crippen LogP contribution in [-0.4, -0.2) is 39.0 Å². The number of fused-ring (bicyclic) bond motifs is 1. The van der Waals surface area contributed by atoms with E-state index in [0.717, 1.165) is 11.1 Å². The summed E-state index contributed by atoms with van der Waals surface area (Å²) in [6.07, 6.45) is 3.20. The Kier molecular flexibility index (Phi) is 4.70. The summed E-state index contributed by atoms with van der Waals surface area (Å²) in [6, 6.07) is 7.81. The predicted molar refractivity (Wildman–Crippen MR) is 93.9 cm³/mol. The van der Waals surface area contributed by atoms with Crippen LogP contribution in [0.25, 0.3) is 11.0 Å². The van der Waals surface area contributed by atoms with Crippen LogP contribution in [0, 0.1) is 5.92 Å². The van der Waals surface area contributed by atoms with Crippen molar-refractivity contribution >= 4 is 23.0 Å². The Morgan fingerprint density at radius 2 is 2.12 bits per heavy atom. The predicted octanol–water partition coefficient (Wildman–Crippen LogP) is 3.35. The average molecular weight is 341 g/mol. The highest BCUT2D eigenvalue weighted by Gasteiger charge is 2.37. The van der Waals surface area contributed by atoms with E-state index < -0.39 is 11.7 Å². The minimum Gasteiger partial charge on any atom is -0.443 e. The summed E-state index contributed by atoms with van der Waals surface area (Å²) in [5.74, 6) is -0.304. The number of nitrogens with zero attached hydrogens (tertiary/aromatic N) is 3. The molecule has 0 aliphatic carbocycles. The Labute approximate surface area is 147 Å². The van der Waals surface area contributed by atoms with E-state index in [1.165, 1.54) is 4.90 Å². The minimum absolute atomic E-state index is 0.145. The highest BCUT2D eigenvalue weighted by molar-refractivity contribution is 5.95. The fourth-order valence-corrected chi connectivity index (χ4v) is 2.96. The molecule has 0 N–H and O–H groups in total. The molecule has 6 heteroatoms. The summed E-state index contributed by atoms with van der Waals surface area (Å²) < 4.78 is 5.30. The Hall–Kier alpha value is -2.50. The molecular weight excluding hydrogens is 318 g/mol. The zero-order valence-corrected chi connectivity index (χ0v) is 14.9. The van der Waals surface area contributed by atoms with Crippen molar-refractivity contribution < 1.29 is 14.3 Å². The fourth-order valence-electron chi connectivity index (χ4n) is 2.96. The number of likely N-dealkylation sites (tertiary alicyclic amines) is 1. The lowest BCUT2D eigenvalue weighted by atomic mass is 10.0. The third kappa shape index (κ3) is 4.13. The number of rotatable bonds is 3. The van der Waals surface area contributed by atoms with Crippen molar-refractivity contribution in [3.8, 4) is 0 Å². The molecule has 1 saturated heterocycles. The topological polar surface area (TPSA) is 72.4 Å². The fraction of sp³-hybridized carbons (Fsp3) is 0.474. The standard InChI is InChI=1S/C19H23N3O3/c1-19(2,3)25-18(24)22-12-10-14(17(22)23)7-9-15-8-6-13-5-4-11-20-16(13)21-15/h4-6,8,11,14H,7,9-10,12H2,1-3H3/t14-/m1/s1. The first-order chi connectivity index (χ1) is 11.8. The highest BCUT2D eigenvalue weighted by atomic mass is 16.6. The number of carbonyl (C=O) groups excluding carboxylic acids is 2. The first kappa shape index (κ1) is 17.3. The normalized spacial score (nSPS) is 18.0. The van der Waals surface area contributed by atoms with E-state index in [9.17, 15) is 9.59 Å². The Balaban J connectivity index is 1.60. The van der Waals surface area contributed by atoms with Gasteiger partial charge in [-0.3, -0.25) is 4.79 Å². The second kappa shape index (κ2) is 6.78. The van der Waals surface area contributed by atoms with Crippen molar-refractivity contribution in [2.45, 2.75) is 45.6 Å². The molecule has 0 unspecified atom stereocenters. The number of hydrogen-bond donors (Lipinski definition) is 0. The number of aryl methyl sites for hydroxylation is 1. The van der Waals surface area contributed by atoms with E-state index in [-0.39, 0.29) is 11.8 Å². The highest BCUT2D eigenvalue weighted by Crippen LogP contribution is 2.25. The number of ether oxygens (including phenoxy) is 1. The molecule has 1 aliphatic heterocycles. The molecule has 3 rings (SSSR count). The van der Waals surface area contributed by atoms with Gasteiger partial charge in [0.15, 0.2) is 5.65 Å². The van der Waals surface area contributed by atoms with Gasteiger partial charge in [-0.15, -0.1) is 0 Å². The van der Waals surface area contributed by atoms with Crippen LogP contribution >= 0.6 is 0 Å². The largest absolute Gasteiger partial charge is 0.443 e. The van der Waals surface area contributed by atoms with Gasteiger partial charge < -0.3 is 4.74 Å². The van der Waals surface area contributed by atoms with Crippen LogP contribution in [0.4, 0.5) is 4.79 Å². The molecular formula is C19H23N3O3. The molecule has 3 heterocycles. The summed E-state index contributed by atoms with van der Waals surface area (Å²) in [7, 11) is 0. The van der Waals surface area contributed by atoms with E-state index in [2.05, 4.69) is 9.97 Å². The number of carbonyl (C=O) groups is 2.